The molecule has 0 saturated carbocycles. The van der Waals surface area contributed by atoms with Gasteiger partial charge in [-0.15, -0.1) is 0 Å². The summed E-state index contributed by atoms with van der Waals surface area (Å²) in [6.07, 6.45) is 2.98. The second-order valence-electron chi connectivity index (χ2n) is 7.45. The lowest BCUT2D eigenvalue weighted by Gasteiger charge is -2.39. The topological polar surface area (TPSA) is 66.8 Å². The summed E-state index contributed by atoms with van der Waals surface area (Å²) >= 11 is 0. The van der Waals surface area contributed by atoms with Crippen LogP contribution in [0.4, 0.5) is 0 Å². The summed E-state index contributed by atoms with van der Waals surface area (Å²) in [6, 6.07) is 17.5. The average molecular weight is 381 g/mol. The van der Waals surface area contributed by atoms with Gasteiger partial charge in [0.1, 0.15) is 0 Å². The first kappa shape index (κ1) is 20.1. The minimum Gasteiger partial charge on any atom is -0.453 e. The van der Waals surface area contributed by atoms with Crippen LogP contribution in [-0.4, -0.2) is 40.6 Å². The maximum Gasteiger partial charge on any atom is 0.348 e. The summed E-state index contributed by atoms with van der Waals surface area (Å²) in [7, 11) is 0. The predicted molar refractivity (Wildman–Crippen MR) is 106 cm³/mol. The number of nitrogens with zero attached hydrogens (tertiary/aromatic N) is 1. The number of carbonyl (C=O) groups excluding carboxylic acids is 2. The van der Waals surface area contributed by atoms with Gasteiger partial charge in [0.15, 0.2) is 6.61 Å². The van der Waals surface area contributed by atoms with E-state index in [9.17, 15) is 14.7 Å². The van der Waals surface area contributed by atoms with Gasteiger partial charge in [0.05, 0.1) is 0 Å². The van der Waals surface area contributed by atoms with Crippen molar-refractivity contribution in [1.29, 1.82) is 0 Å². The van der Waals surface area contributed by atoms with Gasteiger partial charge in [0, 0.05) is 12.1 Å². The van der Waals surface area contributed by atoms with Crippen LogP contribution in [0.3, 0.4) is 0 Å². The van der Waals surface area contributed by atoms with Gasteiger partial charge in [-0.25, -0.2) is 4.79 Å². The van der Waals surface area contributed by atoms with E-state index in [0.717, 1.165) is 19.3 Å². The molecule has 2 atom stereocenters. The van der Waals surface area contributed by atoms with Crippen molar-refractivity contribution in [1.82, 2.24) is 4.90 Å². The van der Waals surface area contributed by atoms with Crippen molar-refractivity contribution in [3.8, 4) is 0 Å². The van der Waals surface area contributed by atoms with Gasteiger partial charge in [-0.05, 0) is 44.2 Å². The summed E-state index contributed by atoms with van der Waals surface area (Å²) in [5.41, 5.74) is -1.17. The molecule has 28 heavy (non-hydrogen) atoms. The van der Waals surface area contributed by atoms with E-state index in [1.807, 2.05) is 26.0 Å². The number of likely N-dealkylation sites (tertiary alicyclic amines) is 1. The number of amides is 1. The molecule has 5 nitrogen and oxygen atoms in total. The Morgan fingerprint density at radius 3 is 1.89 bits per heavy atom. The molecule has 1 aliphatic heterocycles. The molecule has 1 aliphatic rings. The largest absolute Gasteiger partial charge is 0.453 e. The molecule has 0 aromatic heterocycles. The molecular weight excluding hydrogens is 354 g/mol. The highest BCUT2D eigenvalue weighted by atomic mass is 16.6. The van der Waals surface area contributed by atoms with E-state index in [1.165, 1.54) is 0 Å². The fourth-order valence-corrected chi connectivity index (χ4v) is 3.98. The van der Waals surface area contributed by atoms with Crippen molar-refractivity contribution in [3.05, 3.63) is 71.8 Å². The fourth-order valence-electron chi connectivity index (χ4n) is 3.98. The number of hydrogen-bond acceptors (Lipinski definition) is 4. The minimum atomic E-state index is -1.97. The first-order valence-electron chi connectivity index (χ1n) is 9.76. The van der Waals surface area contributed by atoms with Crippen LogP contribution in [0.1, 0.15) is 44.2 Å². The predicted octanol–water partition coefficient (Wildman–Crippen LogP) is 3.26. The summed E-state index contributed by atoms with van der Waals surface area (Å²) in [4.78, 5) is 27.5. The molecule has 0 bridgehead atoms. The first-order chi connectivity index (χ1) is 13.4. The van der Waals surface area contributed by atoms with E-state index >= 15 is 0 Å². The smallest absolute Gasteiger partial charge is 0.348 e. The highest BCUT2D eigenvalue weighted by molar-refractivity contribution is 5.88. The zero-order valence-corrected chi connectivity index (χ0v) is 16.4. The number of benzene rings is 2. The van der Waals surface area contributed by atoms with Gasteiger partial charge in [0.2, 0.25) is 5.60 Å². The van der Waals surface area contributed by atoms with Crippen molar-refractivity contribution >= 4 is 11.9 Å². The highest BCUT2D eigenvalue weighted by Crippen LogP contribution is 2.31. The molecule has 1 fully saturated rings. The quantitative estimate of drug-likeness (QED) is 0.808. The summed E-state index contributed by atoms with van der Waals surface area (Å²) in [6.45, 7) is 3.65. The molecule has 1 saturated heterocycles. The van der Waals surface area contributed by atoms with Crippen molar-refractivity contribution in [2.75, 3.05) is 6.61 Å². The lowest BCUT2D eigenvalue weighted by molar-refractivity contribution is -0.167. The standard InChI is InChI=1S/C23H27NO4/c1-17-10-9-11-18(2)24(17)21(25)16-28-22(26)23(27,19-12-5-3-6-13-19)20-14-7-4-8-15-20/h3-8,12-15,17-18,27H,9-11,16H2,1-2H3/t17-,18-/m1/s1. The van der Waals surface area contributed by atoms with Gasteiger partial charge in [-0.1, -0.05) is 60.7 Å². The van der Waals surface area contributed by atoms with Crippen LogP contribution in [0.2, 0.25) is 0 Å². The molecule has 3 rings (SSSR count). The van der Waals surface area contributed by atoms with E-state index < -0.39 is 11.6 Å². The normalized spacial score (nSPS) is 19.9. The Balaban J connectivity index is 1.80. The molecule has 0 spiro atoms. The third-order valence-electron chi connectivity index (χ3n) is 5.49. The molecular formula is C23H27NO4. The van der Waals surface area contributed by atoms with Crippen LogP contribution in [0.5, 0.6) is 0 Å². The maximum absolute atomic E-state index is 13.0. The molecule has 1 amide bonds. The lowest BCUT2D eigenvalue weighted by atomic mass is 9.86. The van der Waals surface area contributed by atoms with E-state index in [0.29, 0.717) is 11.1 Å². The Hall–Kier alpha value is -2.66. The van der Waals surface area contributed by atoms with Crippen LogP contribution in [-0.2, 0) is 19.9 Å². The number of rotatable bonds is 5. The van der Waals surface area contributed by atoms with Crippen LogP contribution in [0.15, 0.2) is 60.7 Å². The molecule has 0 aliphatic carbocycles. The first-order valence-corrected chi connectivity index (χ1v) is 9.76. The van der Waals surface area contributed by atoms with Gasteiger partial charge in [0.25, 0.3) is 5.91 Å². The lowest BCUT2D eigenvalue weighted by Crippen LogP contribution is -2.49. The summed E-state index contributed by atoms with van der Waals surface area (Å²) in [5, 5.41) is 11.4. The van der Waals surface area contributed by atoms with E-state index in [-0.39, 0.29) is 24.6 Å². The monoisotopic (exact) mass is 381 g/mol. The Morgan fingerprint density at radius 2 is 1.43 bits per heavy atom. The van der Waals surface area contributed by atoms with Crippen LogP contribution < -0.4 is 0 Å². The third kappa shape index (κ3) is 3.94. The maximum atomic E-state index is 13.0. The SMILES string of the molecule is C[C@@H]1CCC[C@@H](C)N1C(=O)COC(=O)C(O)(c1ccccc1)c1ccccc1. The second kappa shape index (κ2) is 8.57. The number of hydrogen-bond donors (Lipinski definition) is 1. The van der Waals surface area contributed by atoms with E-state index in [2.05, 4.69) is 0 Å². The molecule has 0 radical (unpaired) electrons. The van der Waals surface area contributed by atoms with E-state index in [4.69, 9.17) is 4.74 Å². The van der Waals surface area contributed by atoms with Crippen LogP contribution >= 0.6 is 0 Å². The number of piperidine rings is 1. The van der Waals surface area contributed by atoms with Crippen LogP contribution in [0, 0.1) is 0 Å². The Morgan fingerprint density at radius 1 is 0.964 bits per heavy atom. The fraction of sp³-hybridized carbons (Fsp3) is 0.391. The van der Waals surface area contributed by atoms with E-state index in [1.54, 1.807) is 53.4 Å². The van der Waals surface area contributed by atoms with Gasteiger partial charge >= 0.3 is 5.97 Å². The van der Waals surface area contributed by atoms with Crippen LogP contribution in [0.25, 0.3) is 0 Å². The Bertz CT molecular complexity index is 756. The molecule has 5 heteroatoms. The molecule has 1 heterocycles. The zero-order chi connectivity index (χ0) is 20.1. The number of esters is 1. The Kier molecular flexibility index (Phi) is 6.15. The molecule has 2 aromatic carbocycles. The van der Waals surface area contributed by atoms with Gasteiger partial charge in [-0.2, -0.15) is 0 Å². The van der Waals surface area contributed by atoms with Crippen molar-refractivity contribution < 1.29 is 19.4 Å². The molecule has 148 valence electrons. The third-order valence-corrected chi connectivity index (χ3v) is 5.49. The zero-order valence-electron chi connectivity index (χ0n) is 16.4. The van der Waals surface area contributed by atoms with Crippen molar-refractivity contribution in [3.63, 3.8) is 0 Å². The molecule has 0 unspecified atom stereocenters. The number of ether oxygens (including phenoxy) is 1. The van der Waals surface area contributed by atoms with Crippen molar-refractivity contribution in [2.45, 2.75) is 50.8 Å². The van der Waals surface area contributed by atoms with Crippen molar-refractivity contribution in [2.24, 2.45) is 0 Å². The number of aliphatic hydroxyl groups is 1. The molecule has 2 aromatic rings. The Labute approximate surface area is 165 Å². The highest BCUT2D eigenvalue weighted by Gasteiger charge is 2.42. The summed E-state index contributed by atoms with van der Waals surface area (Å²) in [5.74, 6) is -1.08. The van der Waals surface area contributed by atoms with Gasteiger partial charge < -0.3 is 14.7 Å². The average Bonchev–Trinajstić information content (AvgIpc) is 2.72. The molecule has 1 N–H and O–H groups in total. The minimum absolute atomic E-state index is 0.122. The number of carbonyl (C=O) groups is 2. The second-order valence-corrected chi connectivity index (χ2v) is 7.45. The van der Waals surface area contributed by atoms with Gasteiger partial charge in [-0.3, -0.25) is 4.79 Å². The summed E-state index contributed by atoms with van der Waals surface area (Å²) < 4.78 is 5.35.